The molecule has 0 bridgehead atoms. The van der Waals surface area contributed by atoms with Crippen molar-refractivity contribution in [2.24, 2.45) is 0 Å². The third-order valence-corrected chi connectivity index (χ3v) is 5.24. The number of amides is 1. The Morgan fingerprint density at radius 1 is 0.897 bits per heavy atom. The Balaban J connectivity index is 1.35. The van der Waals surface area contributed by atoms with Gasteiger partial charge in [0.2, 0.25) is 0 Å². The molecule has 0 radical (unpaired) electrons. The normalized spacial score (nSPS) is 14.6. The molecule has 1 amide bonds. The van der Waals surface area contributed by atoms with Gasteiger partial charge in [0.05, 0.1) is 18.2 Å². The number of carbonyl (C=O) groups excluding carboxylic acids is 1. The van der Waals surface area contributed by atoms with Crippen molar-refractivity contribution in [2.75, 3.05) is 37.6 Å². The fourth-order valence-corrected chi connectivity index (χ4v) is 3.74. The van der Waals surface area contributed by atoms with Crippen molar-refractivity contribution in [3.8, 4) is 0 Å². The summed E-state index contributed by atoms with van der Waals surface area (Å²) in [6, 6.07) is 14.3. The van der Waals surface area contributed by atoms with Gasteiger partial charge in [-0.3, -0.25) is 4.79 Å². The van der Waals surface area contributed by atoms with E-state index in [1.165, 1.54) is 6.07 Å². The standard InChI is InChI=1S/C22H24FN3O3/c23-20-7-1-2-8-21(20)25-9-11-26(12-10-25)22(27)17-24(15-18-5-3-13-28-18)16-19-6-4-14-29-19/h1-8,13-14H,9-12,15-17H2/p+1. The summed E-state index contributed by atoms with van der Waals surface area (Å²) in [5.74, 6) is 1.54. The van der Waals surface area contributed by atoms with Gasteiger partial charge < -0.3 is 23.5 Å². The second-order valence-electron chi connectivity index (χ2n) is 7.26. The molecule has 0 aliphatic carbocycles. The highest BCUT2D eigenvalue weighted by atomic mass is 19.1. The van der Waals surface area contributed by atoms with Crippen molar-refractivity contribution in [3.63, 3.8) is 0 Å². The average molecular weight is 398 g/mol. The van der Waals surface area contributed by atoms with Crippen LogP contribution < -0.4 is 9.80 Å². The summed E-state index contributed by atoms with van der Waals surface area (Å²) >= 11 is 0. The van der Waals surface area contributed by atoms with E-state index in [2.05, 4.69) is 0 Å². The molecule has 29 heavy (non-hydrogen) atoms. The van der Waals surface area contributed by atoms with Crippen LogP contribution in [0.15, 0.2) is 69.9 Å². The lowest BCUT2D eigenvalue weighted by molar-refractivity contribution is -0.921. The van der Waals surface area contributed by atoms with Gasteiger partial charge in [-0.15, -0.1) is 0 Å². The van der Waals surface area contributed by atoms with Crippen LogP contribution >= 0.6 is 0 Å². The first-order valence-corrected chi connectivity index (χ1v) is 9.84. The number of piperazine rings is 1. The molecule has 3 heterocycles. The Morgan fingerprint density at radius 3 is 2.07 bits per heavy atom. The van der Waals surface area contributed by atoms with Crippen LogP contribution in [0.2, 0.25) is 0 Å². The van der Waals surface area contributed by atoms with Gasteiger partial charge in [0.15, 0.2) is 18.1 Å². The number of quaternary nitrogens is 1. The van der Waals surface area contributed by atoms with E-state index < -0.39 is 0 Å². The largest absolute Gasteiger partial charge is 0.463 e. The van der Waals surface area contributed by atoms with Crippen LogP contribution in [-0.4, -0.2) is 43.5 Å². The summed E-state index contributed by atoms with van der Waals surface area (Å²) < 4.78 is 25.0. The van der Waals surface area contributed by atoms with Crippen molar-refractivity contribution >= 4 is 11.6 Å². The Hall–Kier alpha value is -3.06. The topological polar surface area (TPSA) is 54.3 Å². The molecule has 1 fully saturated rings. The van der Waals surface area contributed by atoms with Crippen molar-refractivity contribution in [1.82, 2.24) is 4.90 Å². The average Bonchev–Trinajstić information content (AvgIpc) is 3.43. The van der Waals surface area contributed by atoms with Gasteiger partial charge >= 0.3 is 0 Å². The van der Waals surface area contributed by atoms with Crippen molar-refractivity contribution < 1.29 is 22.9 Å². The first kappa shape index (κ1) is 19.3. The van der Waals surface area contributed by atoms with Crippen LogP contribution in [0.25, 0.3) is 0 Å². The summed E-state index contributed by atoms with van der Waals surface area (Å²) in [5, 5.41) is 0. The molecule has 2 aromatic heterocycles. The minimum atomic E-state index is -0.222. The smallest absolute Gasteiger partial charge is 0.277 e. The number of para-hydroxylation sites is 1. The molecular weight excluding hydrogens is 373 g/mol. The lowest BCUT2D eigenvalue weighted by Crippen LogP contribution is -3.10. The lowest BCUT2D eigenvalue weighted by atomic mass is 10.2. The number of nitrogens with zero attached hydrogens (tertiary/aromatic N) is 2. The Labute approximate surface area is 169 Å². The van der Waals surface area contributed by atoms with Gasteiger partial charge in [-0.2, -0.15) is 0 Å². The molecule has 7 heteroatoms. The number of furan rings is 2. The Kier molecular flexibility index (Phi) is 5.95. The molecule has 152 valence electrons. The summed E-state index contributed by atoms with van der Waals surface area (Å²) in [4.78, 5) is 17.8. The third kappa shape index (κ3) is 4.86. The molecule has 4 rings (SSSR count). The molecule has 1 N–H and O–H groups in total. The summed E-state index contributed by atoms with van der Waals surface area (Å²) in [6.45, 7) is 3.98. The van der Waals surface area contributed by atoms with E-state index in [0.29, 0.717) is 51.5 Å². The molecular formula is C22H25FN3O3+. The maximum absolute atomic E-state index is 14.0. The van der Waals surface area contributed by atoms with Gasteiger partial charge in [-0.1, -0.05) is 12.1 Å². The van der Waals surface area contributed by atoms with Gasteiger partial charge in [0.25, 0.3) is 5.91 Å². The SMILES string of the molecule is O=C(C[NH+](Cc1ccco1)Cc1ccco1)N1CCN(c2ccccc2F)CC1. The van der Waals surface area contributed by atoms with Crippen molar-refractivity contribution in [3.05, 3.63) is 78.4 Å². The van der Waals surface area contributed by atoms with E-state index >= 15 is 0 Å². The van der Waals surface area contributed by atoms with E-state index in [4.69, 9.17) is 8.83 Å². The van der Waals surface area contributed by atoms with Gasteiger partial charge in [-0.05, 0) is 36.4 Å². The molecule has 0 atom stereocenters. The highest BCUT2D eigenvalue weighted by molar-refractivity contribution is 5.77. The Morgan fingerprint density at radius 2 is 1.52 bits per heavy atom. The zero-order valence-corrected chi connectivity index (χ0v) is 16.2. The highest BCUT2D eigenvalue weighted by Crippen LogP contribution is 2.20. The molecule has 1 aliphatic rings. The predicted molar refractivity (Wildman–Crippen MR) is 106 cm³/mol. The highest BCUT2D eigenvalue weighted by Gasteiger charge is 2.26. The van der Waals surface area contributed by atoms with Crippen LogP contribution in [0.3, 0.4) is 0 Å². The van der Waals surface area contributed by atoms with Crippen LogP contribution in [0.4, 0.5) is 10.1 Å². The molecule has 0 unspecified atom stereocenters. The number of rotatable bonds is 7. The minimum absolute atomic E-state index is 0.0892. The summed E-state index contributed by atoms with van der Waals surface area (Å²) in [6.07, 6.45) is 3.28. The maximum atomic E-state index is 14.0. The molecule has 1 aromatic carbocycles. The lowest BCUT2D eigenvalue weighted by Gasteiger charge is -2.36. The number of hydrogen-bond acceptors (Lipinski definition) is 4. The predicted octanol–water partition coefficient (Wildman–Crippen LogP) is 1.95. The quantitative estimate of drug-likeness (QED) is 0.661. The zero-order chi connectivity index (χ0) is 20.1. The second kappa shape index (κ2) is 8.96. The third-order valence-electron chi connectivity index (χ3n) is 5.24. The van der Waals surface area contributed by atoms with E-state index in [-0.39, 0.29) is 11.7 Å². The van der Waals surface area contributed by atoms with E-state index in [0.717, 1.165) is 16.4 Å². The number of carbonyl (C=O) groups is 1. The molecule has 1 saturated heterocycles. The minimum Gasteiger partial charge on any atom is -0.463 e. The molecule has 6 nitrogen and oxygen atoms in total. The second-order valence-corrected chi connectivity index (χ2v) is 7.26. The van der Waals surface area contributed by atoms with Gasteiger partial charge in [-0.25, -0.2) is 4.39 Å². The van der Waals surface area contributed by atoms with E-state index in [1.54, 1.807) is 24.7 Å². The van der Waals surface area contributed by atoms with Crippen molar-refractivity contribution in [1.29, 1.82) is 0 Å². The Bertz CT molecular complexity index is 867. The van der Waals surface area contributed by atoms with Crippen LogP contribution in [0, 0.1) is 5.82 Å². The van der Waals surface area contributed by atoms with E-state index in [9.17, 15) is 9.18 Å². The monoisotopic (exact) mass is 398 g/mol. The zero-order valence-electron chi connectivity index (χ0n) is 16.2. The van der Waals surface area contributed by atoms with Gasteiger partial charge in [0, 0.05) is 26.2 Å². The summed E-state index contributed by atoms with van der Waals surface area (Å²) in [5.41, 5.74) is 0.600. The van der Waals surface area contributed by atoms with Gasteiger partial charge in [0.1, 0.15) is 18.9 Å². The van der Waals surface area contributed by atoms with Crippen LogP contribution in [-0.2, 0) is 17.9 Å². The number of hydrogen-bond donors (Lipinski definition) is 1. The van der Waals surface area contributed by atoms with Crippen LogP contribution in [0.5, 0.6) is 0 Å². The molecule has 0 saturated carbocycles. The van der Waals surface area contributed by atoms with Crippen LogP contribution in [0.1, 0.15) is 11.5 Å². The number of nitrogens with one attached hydrogen (secondary N) is 1. The first-order chi connectivity index (χ1) is 14.2. The number of benzene rings is 1. The van der Waals surface area contributed by atoms with Crippen molar-refractivity contribution in [2.45, 2.75) is 13.1 Å². The number of anilines is 1. The van der Waals surface area contributed by atoms with E-state index in [1.807, 2.05) is 40.1 Å². The fraction of sp³-hybridized carbons (Fsp3) is 0.318. The molecule has 1 aliphatic heterocycles. The fourth-order valence-electron chi connectivity index (χ4n) is 3.74. The first-order valence-electron chi connectivity index (χ1n) is 9.84. The summed E-state index contributed by atoms with van der Waals surface area (Å²) in [7, 11) is 0. The number of halogens is 1. The maximum Gasteiger partial charge on any atom is 0.277 e. The molecule has 3 aromatic rings. The molecule has 0 spiro atoms.